The van der Waals surface area contributed by atoms with Crippen LogP contribution in [-0.2, 0) is 19.1 Å². The predicted octanol–water partition coefficient (Wildman–Crippen LogP) is 3.39. The normalized spacial score (nSPS) is 15.4. The van der Waals surface area contributed by atoms with E-state index in [4.69, 9.17) is 9.47 Å². The lowest BCUT2D eigenvalue weighted by Crippen LogP contribution is -2.20. The summed E-state index contributed by atoms with van der Waals surface area (Å²) in [4.78, 5) is 35.6. The predicted molar refractivity (Wildman–Crippen MR) is 137 cm³/mol. The molecule has 0 aliphatic carbocycles. The van der Waals surface area contributed by atoms with Crippen molar-refractivity contribution in [2.24, 2.45) is 10.2 Å². The van der Waals surface area contributed by atoms with E-state index in [1.807, 2.05) is 31.2 Å². The molecule has 12 heteroatoms. The summed E-state index contributed by atoms with van der Waals surface area (Å²) in [5, 5.41) is 13.5. The molecule has 182 valence electrons. The van der Waals surface area contributed by atoms with Crippen molar-refractivity contribution in [1.82, 2.24) is 5.32 Å². The van der Waals surface area contributed by atoms with Gasteiger partial charge in [-0.05, 0) is 58.4 Å². The number of aryl methyl sites for hydroxylation is 1. The number of anilines is 1. The standard InChI is InChI=1S/C23H21BrN4O6S/c1-13-6-4-5-7-16(13)26-20(29)12-34-18-9-15(24)14(8-17(18)32-2)11-25-28-23-27-22(31)19(35-23)10-21(30)33-3/h4-11H,12H2,1-3H3,(H,26,29)(H,27,28,31)/b19-10+,25-11?. The van der Waals surface area contributed by atoms with Crippen molar-refractivity contribution in [3.05, 3.63) is 63.0 Å². The van der Waals surface area contributed by atoms with Crippen LogP contribution in [0.1, 0.15) is 11.1 Å². The molecular weight excluding hydrogens is 540 g/mol. The number of hydrogen-bond donors (Lipinski definition) is 2. The molecule has 1 aliphatic rings. The third-order valence-corrected chi connectivity index (χ3v) is 6.09. The molecule has 2 amide bonds. The molecule has 0 atom stereocenters. The average Bonchev–Trinajstić information content (AvgIpc) is 3.18. The number of carbonyl (C=O) groups is 3. The lowest BCUT2D eigenvalue weighted by atomic mass is 10.2. The molecule has 2 N–H and O–H groups in total. The monoisotopic (exact) mass is 560 g/mol. The zero-order valence-electron chi connectivity index (χ0n) is 19.0. The number of halogens is 1. The van der Waals surface area contributed by atoms with Crippen LogP contribution in [0.5, 0.6) is 11.5 Å². The first-order valence-electron chi connectivity index (χ1n) is 10.1. The van der Waals surface area contributed by atoms with Crippen molar-refractivity contribution >= 4 is 62.5 Å². The van der Waals surface area contributed by atoms with Crippen molar-refractivity contribution in [3.8, 4) is 11.5 Å². The lowest BCUT2D eigenvalue weighted by Gasteiger charge is -2.13. The Morgan fingerprint density at radius 1 is 1.20 bits per heavy atom. The SMILES string of the molecule is COC(=O)/C=C1/S/C(=N\N=Cc2cc(OC)c(OCC(=O)Nc3ccccc3C)cc2Br)NC1=O. The Kier molecular flexibility index (Phi) is 9.04. The summed E-state index contributed by atoms with van der Waals surface area (Å²) in [5.74, 6) is -0.670. The van der Waals surface area contributed by atoms with Gasteiger partial charge in [0.25, 0.3) is 11.8 Å². The summed E-state index contributed by atoms with van der Waals surface area (Å²) in [6.07, 6.45) is 2.52. The third kappa shape index (κ3) is 7.17. The maximum absolute atomic E-state index is 12.3. The van der Waals surface area contributed by atoms with E-state index in [0.717, 1.165) is 23.4 Å². The van der Waals surface area contributed by atoms with Gasteiger partial charge in [-0.25, -0.2) is 4.79 Å². The van der Waals surface area contributed by atoms with E-state index in [1.54, 1.807) is 12.1 Å². The number of nitrogens with one attached hydrogen (secondary N) is 2. The Morgan fingerprint density at radius 3 is 2.69 bits per heavy atom. The molecule has 10 nitrogen and oxygen atoms in total. The first kappa shape index (κ1) is 26.0. The van der Waals surface area contributed by atoms with Crippen LogP contribution in [0.15, 0.2) is 62.1 Å². The van der Waals surface area contributed by atoms with Gasteiger partial charge in [0.2, 0.25) is 0 Å². The highest BCUT2D eigenvalue weighted by Gasteiger charge is 2.25. The van der Waals surface area contributed by atoms with E-state index in [0.29, 0.717) is 27.2 Å². The van der Waals surface area contributed by atoms with Gasteiger partial charge in [-0.2, -0.15) is 5.10 Å². The minimum atomic E-state index is -0.640. The van der Waals surface area contributed by atoms with Crippen LogP contribution in [0, 0.1) is 6.92 Å². The highest BCUT2D eigenvalue weighted by Crippen LogP contribution is 2.33. The van der Waals surface area contributed by atoms with E-state index >= 15 is 0 Å². The van der Waals surface area contributed by atoms with Gasteiger partial charge in [0.1, 0.15) is 0 Å². The molecule has 0 saturated carbocycles. The molecule has 1 heterocycles. The molecule has 0 radical (unpaired) electrons. The fourth-order valence-electron chi connectivity index (χ4n) is 2.75. The van der Waals surface area contributed by atoms with Crippen molar-refractivity contribution in [3.63, 3.8) is 0 Å². The second-order valence-corrected chi connectivity index (χ2v) is 8.80. The first-order valence-corrected chi connectivity index (χ1v) is 11.7. The van der Waals surface area contributed by atoms with Gasteiger partial charge in [0.05, 0.1) is 25.3 Å². The number of rotatable bonds is 8. The number of esters is 1. The van der Waals surface area contributed by atoms with Crippen LogP contribution >= 0.6 is 27.7 Å². The van der Waals surface area contributed by atoms with Crippen molar-refractivity contribution in [2.75, 3.05) is 26.1 Å². The van der Waals surface area contributed by atoms with Crippen LogP contribution in [0.3, 0.4) is 0 Å². The minimum absolute atomic E-state index is 0.154. The van der Waals surface area contributed by atoms with E-state index in [1.165, 1.54) is 20.4 Å². The molecule has 1 aliphatic heterocycles. The fraction of sp³-hybridized carbons (Fsp3) is 0.174. The molecule has 2 aromatic carbocycles. The number of amidine groups is 1. The molecular formula is C23H21BrN4O6S. The summed E-state index contributed by atoms with van der Waals surface area (Å²) in [6, 6.07) is 10.8. The number of benzene rings is 2. The largest absolute Gasteiger partial charge is 0.493 e. The highest BCUT2D eigenvalue weighted by molar-refractivity contribution is 9.10. The molecule has 0 spiro atoms. The molecule has 1 saturated heterocycles. The van der Waals surface area contributed by atoms with Crippen LogP contribution in [0.25, 0.3) is 0 Å². The maximum atomic E-state index is 12.3. The second kappa shape index (κ2) is 12.2. The van der Waals surface area contributed by atoms with E-state index in [-0.39, 0.29) is 22.6 Å². The number of methoxy groups -OCH3 is 2. The van der Waals surface area contributed by atoms with Gasteiger partial charge in [0, 0.05) is 21.8 Å². The molecule has 3 rings (SSSR count). The summed E-state index contributed by atoms with van der Waals surface area (Å²) in [5.41, 5.74) is 2.27. The number of hydrogen-bond acceptors (Lipinski definition) is 9. The third-order valence-electron chi connectivity index (χ3n) is 4.51. The molecule has 2 aromatic rings. The van der Waals surface area contributed by atoms with Crippen LogP contribution in [0.4, 0.5) is 5.69 Å². The van der Waals surface area contributed by atoms with E-state index in [9.17, 15) is 14.4 Å². The van der Waals surface area contributed by atoms with E-state index < -0.39 is 11.9 Å². The van der Waals surface area contributed by atoms with E-state index in [2.05, 4.69) is 41.5 Å². The summed E-state index contributed by atoms with van der Waals surface area (Å²) in [6.45, 7) is 1.69. The van der Waals surface area contributed by atoms with Gasteiger partial charge < -0.3 is 19.5 Å². The van der Waals surface area contributed by atoms with Gasteiger partial charge >= 0.3 is 5.97 Å². The van der Waals surface area contributed by atoms with Crippen LogP contribution in [0.2, 0.25) is 0 Å². The number of ether oxygens (including phenoxy) is 3. The lowest BCUT2D eigenvalue weighted by molar-refractivity contribution is -0.135. The quantitative estimate of drug-likeness (QED) is 0.219. The summed E-state index contributed by atoms with van der Waals surface area (Å²) in [7, 11) is 2.70. The number of amides is 2. The zero-order chi connectivity index (χ0) is 25.4. The van der Waals surface area contributed by atoms with Gasteiger partial charge in [-0.3, -0.25) is 14.9 Å². The number of carbonyl (C=O) groups excluding carboxylic acids is 3. The van der Waals surface area contributed by atoms with Gasteiger partial charge in [0.15, 0.2) is 23.3 Å². The highest BCUT2D eigenvalue weighted by atomic mass is 79.9. The molecule has 1 fully saturated rings. The van der Waals surface area contributed by atoms with Gasteiger partial charge in [-0.1, -0.05) is 18.2 Å². The van der Waals surface area contributed by atoms with Crippen molar-refractivity contribution in [2.45, 2.75) is 6.92 Å². The fourth-order valence-corrected chi connectivity index (χ4v) is 3.91. The molecule has 0 aromatic heterocycles. The number of nitrogens with zero attached hydrogens (tertiary/aromatic N) is 2. The molecule has 0 bridgehead atoms. The van der Waals surface area contributed by atoms with Crippen LogP contribution in [-0.4, -0.2) is 50.0 Å². The maximum Gasteiger partial charge on any atom is 0.331 e. The first-order chi connectivity index (χ1) is 16.8. The Balaban J connectivity index is 1.66. The molecule has 35 heavy (non-hydrogen) atoms. The summed E-state index contributed by atoms with van der Waals surface area (Å²) < 4.78 is 16.2. The Hall–Kier alpha value is -3.64. The smallest absolute Gasteiger partial charge is 0.331 e. The van der Waals surface area contributed by atoms with Crippen molar-refractivity contribution < 1.29 is 28.6 Å². The zero-order valence-corrected chi connectivity index (χ0v) is 21.4. The Bertz CT molecular complexity index is 1240. The average molecular weight is 561 g/mol. The molecule has 0 unspecified atom stereocenters. The Morgan fingerprint density at radius 2 is 1.97 bits per heavy atom. The van der Waals surface area contributed by atoms with Crippen LogP contribution < -0.4 is 20.1 Å². The minimum Gasteiger partial charge on any atom is -0.493 e. The topological polar surface area (TPSA) is 128 Å². The summed E-state index contributed by atoms with van der Waals surface area (Å²) >= 11 is 4.40. The Labute approximate surface area is 213 Å². The number of thioether (sulfide) groups is 1. The van der Waals surface area contributed by atoms with Gasteiger partial charge in [-0.15, -0.1) is 5.10 Å². The van der Waals surface area contributed by atoms with Crippen molar-refractivity contribution in [1.29, 1.82) is 0 Å². The number of para-hydroxylation sites is 1. The second-order valence-electron chi connectivity index (χ2n) is 6.91.